The van der Waals surface area contributed by atoms with Crippen molar-refractivity contribution in [2.24, 2.45) is 0 Å². The maximum atomic E-state index is 12.0. The van der Waals surface area contributed by atoms with Crippen molar-refractivity contribution in [2.75, 3.05) is 27.2 Å². The summed E-state index contributed by atoms with van der Waals surface area (Å²) in [6, 6.07) is 7.63. The van der Waals surface area contributed by atoms with Crippen LogP contribution in [0.15, 0.2) is 30.6 Å². The van der Waals surface area contributed by atoms with Gasteiger partial charge in [-0.2, -0.15) is 0 Å². The zero-order chi connectivity index (χ0) is 14.4. The molecule has 2 aromatic rings. The highest BCUT2D eigenvalue weighted by Gasteiger charge is 2.09. The Morgan fingerprint density at radius 2 is 2.10 bits per heavy atom. The molecule has 0 bridgehead atoms. The van der Waals surface area contributed by atoms with Gasteiger partial charge in [-0.1, -0.05) is 12.1 Å². The van der Waals surface area contributed by atoms with Crippen molar-refractivity contribution in [3.63, 3.8) is 0 Å². The van der Waals surface area contributed by atoms with E-state index in [1.807, 2.05) is 38.4 Å². The molecular weight excluding hydrogens is 256 g/mol. The number of benzene rings is 1. The average molecular weight is 274 g/mol. The van der Waals surface area contributed by atoms with E-state index in [-0.39, 0.29) is 5.91 Å². The predicted octanol–water partition coefficient (Wildman–Crippen LogP) is -0.117. The zero-order valence-corrected chi connectivity index (χ0v) is 11.7. The summed E-state index contributed by atoms with van der Waals surface area (Å²) in [5.74, 6) is 0.107. The maximum Gasteiger partial charge on any atom is 0.226 e. The van der Waals surface area contributed by atoms with Crippen molar-refractivity contribution >= 4 is 5.91 Å². The first-order chi connectivity index (χ1) is 9.70. The summed E-state index contributed by atoms with van der Waals surface area (Å²) >= 11 is 0. The van der Waals surface area contributed by atoms with E-state index < -0.39 is 0 Å². The molecule has 0 aliphatic heterocycles. The summed E-state index contributed by atoms with van der Waals surface area (Å²) < 4.78 is 1.57. The van der Waals surface area contributed by atoms with Gasteiger partial charge in [-0.3, -0.25) is 4.79 Å². The van der Waals surface area contributed by atoms with Gasteiger partial charge in [0, 0.05) is 20.1 Å². The van der Waals surface area contributed by atoms with E-state index in [1.165, 1.54) is 6.33 Å². The molecule has 2 rings (SSSR count). The van der Waals surface area contributed by atoms with Crippen LogP contribution in [-0.4, -0.2) is 58.2 Å². The van der Waals surface area contributed by atoms with E-state index in [2.05, 4.69) is 20.8 Å². The van der Waals surface area contributed by atoms with Gasteiger partial charge in [-0.05, 0) is 35.2 Å². The maximum absolute atomic E-state index is 12.0. The monoisotopic (exact) mass is 274 g/mol. The van der Waals surface area contributed by atoms with Crippen molar-refractivity contribution in [1.29, 1.82) is 0 Å². The second-order valence-electron chi connectivity index (χ2n) is 4.52. The van der Waals surface area contributed by atoms with Crippen LogP contribution in [0.1, 0.15) is 5.56 Å². The smallest absolute Gasteiger partial charge is 0.226 e. The Morgan fingerprint density at radius 1 is 1.35 bits per heavy atom. The van der Waals surface area contributed by atoms with Gasteiger partial charge < -0.3 is 10.2 Å². The fraction of sp³-hybridized carbons (Fsp3) is 0.385. The Morgan fingerprint density at radius 3 is 2.70 bits per heavy atom. The molecule has 1 aromatic heterocycles. The second kappa shape index (κ2) is 6.76. The molecule has 1 N–H and O–H groups in total. The molecule has 0 saturated carbocycles. The fourth-order valence-electron chi connectivity index (χ4n) is 1.76. The van der Waals surface area contributed by atoms with E-state index >= 15 is 0 Å². The van der Waals surface area contributed by atoms with Gasteiger partial charge in [0.2, 0.25) is 5.91 Å². The molecule has 7 heteroatoms. The van der Waals surface area contributed by atoms with Crippen LogP contribution in [0.5, 0.6) is 0 Å². The second-order valence-corrected chi connectivity index (χ2v) is 4.52. The molecule has 0 unspecified atom stereocenters. The Labute approximate surface area is 117 Å². The van der Waals surface area contributed by atoms with Gasteiger partial charge in [-0.15, -0.1) is 5.10 Å². The third kappa shape index (κ3) is 3.61. The number of rotatable bonds is 6. The minimum atomic E-state index is 0.107. The van der Waals surface area contributed by atoms with Gasteiger partial charge in [0.25, 0.3) is 0 Å². The summed E-state index contributed by atoms with van der Waals surface area (Å²) in [5, 5.41) is 14.0. The Kier molecular flexibility index (Phi) is 4.78. The summed E-state index contributed by atoms with van der Waals surface area (Å²) in [4.78, 5) is 13.7. The SMILES string of the molecule is CNCCN(C)C(=O)Cc1ccc(-n2cnnn2)cc1. The molecule has 7 nitrogen and oxygen atoms in total. The molecule has 0 fully saturated rings. The number of aromatic nitrogens is 4. The van der Waals surface area contributed by atoms with E-state index in [1.54, 1.807) is 9.58 Å². The largest absolute Gasteiger partial charge is 0.344 e. The van der Waals surface area contributed by atoms with E-state index in [9.17, 15) is 4.79 Å². The molecule has 0 aliphatic rings. The molecule has 1 aromatic carbocycles. The lowest BCUT2D eigenvalue weighted by Gasteiger charge is -2.16. The summed E-state index contributed by atoms with van der Waals surface area (Å²) in [5.41, 5.74) is 1.85. The van der Waals surface area contributed by atoms with Gasteiger partial charge >= 0.3 is 0 Å². The number of tetrazole rings is 1. The number of carbonyl (C=O) groups excluding carboxylic acids is 1. The summed E-state index contributed by atoms with van der Waals surface area (Å²) in [6.45, 7) is 1.50. The van der Waals surface area contributed by atoms with Crippen molar-refractivity contribution < 1.29 is 4.79 Å². The average Bonchev–Trinajstić information content (AvgIpc) is 2.99. The van der Waals surface area contributed by atoms with E-state index in [0.717, 1.165) is 17.8 Å². The highest BCUT2D eigenvalue weighted by atomic mass is 16.2. The molecule has 0 aliphatic carbocycles. The summed E-state index contributed by atoms with van der Waals surface area (Å²) in [7, 11) is 3.69. The lowest BCUT2D eigenvalue weighted by molar-refractivity contribution is -0.129. The van der Waals surface area contributed by atoms with Crippen LogP contribution in [-0.2, 0) is 11.2 Å². The molecular formula is C13H18N6O. The van der Waals surface area contributed by atoms with Gasteiger partial charge in [0.1, 0.15) is 6.33 Å². The van der Waals surface area contributed by atoms with Crippen LogP contribution in [0.25, 0.3) is 5.69 Å². The molecule has 1 amide bonds. The zero-order valence-electron chi connectivity index (χ0n) is 11.7. The first-order valence-electron chi connectivity index (χ1n) is 6.41. The first kappa shape index (κ1) is 14.1. The molecule has 0 atom stereocenters. The lowest BCUT2D eigenvalue weighted by atomic mass is 10.1. The third-order valence-corrected chi connectivity index (χ3v) is 3.03. The van der Waals surface area contributed by atoms with Crippen molar-refractivity contribution in [3.8, 4) is 5.69 Å². The van der Waals surface area contributed by atoms with Crippen molar-refractivity contribution in [3.05, 3.63) is 36.2 Å². The van der Waals surface area contributed by atoms with Crippen LogP contribution < -0.4 is 5.32 Å². The Hall–Kier alpha value is -2.28. The highest BCUT2D eigenvalue weighted by Crippen LogP contribution is 2.09. The Bertz CT molecular complexity index is 536. The minimum absolute atomic E-state index is 0.107. The van der Waals surface area contributed by atoms with Gasteiger partial charge in [0.15, 0.2) is 0 Å². The van der Waals surface area contributed by atoms with Crippen LogP contribution in [0.2, 0.25) is 0 Å². The first-order valence-corrected chi connectivity index (χ1v) is 6.41. The molecule has 0 spiro atoms. The third-order valence-electron chi connectivity index (χ3n) is 3.03. The predicted molar refractivity (Wildman–Crippen MR) is 74.4 cm³/mol. The number of hydrogen-bond acceptors (Lipinski definition) is 5. The van der Waals surface area contributed by atoms with Gasteiger partial charge in [-0.25, -0.2) is 4.68 Å². The highest BCUT2D eigenvalue weighted by molar-refractivity contribution is 5.78. The van der Waals surface area contributed by atoms with Crippen LogP contribution in [0.3, 0.4) is 0 Å². The summed E-state index contributed by atoms with van der Waals surface area (Å²) in [6.07, 6.45) is 1.93. The topological polar surface area (TPSA) is 75.9 Å². The standard InChI is InChI=1S/C13H18N6O/c1-14-7-8-18(2)13(20)9-11-3-5-12(6-4-11)19-10-15-16-17-19/h3-6,10,14H,7-9H2,1-2H3. The van der Waals surface area contributed by atoms with Crippen molar-refractivity contribution in [1.82, 2.24) is 30.4 Å². The molecule has 20 heavy (non-hydrogen) atoms. The van der Waals surface area contributed by atoms with E-state index in [4.69, 9.17) is 0 Å². The number of amides is 1. The van der Waals surface area contributed by atoms with Crippen LogP contribution in [0, 0.1) is 0 Å². The van der Waals surface area contributed by atoms with Crippen LogP contribution >= 0.6 is 0 Å². The van der Waals surface area contributed by atoms with Gasteiger partial charge in [0.05, 0.1) is 12.1 Å². The fourth-order valence-corrected chi connectivity index (χ4v) is 1.76. The molecule has 0 radical (unpaired) electrons. The molecule has 0 saturated heterocycles. The number of hydrogen-bond donors (Lipinski definition) is 1. The molecule has 1 heterocycles. The lowest BCUT2D eigenvalue weighted by Crippen LogP contribution is -2.33. The van der Waals surface area contributed by atoms with Crippen molar-refractivity contribution in [2.45, 2.75) is 6.42 Å². The van der Waals surface area contributed by atoms with E-state index in [0.29, 0.717) is 13.0 Å². The number of carbonyl (C=O) groups is 1. The quantitative estimate of drug-likeness (QED) is 0.795. The Balaban J connectivity index is 1.95. The number of likely N-dealkylation sites (N-methyl/N-ethyl adjacent to an activating group) is 2. The number of nitrogens with zero attached hydrogens (tertiary/aromatic N) is 5. The minimum Gasteiger partial charge on any atom is -0.344 e. The van der Waals surface area contributed by atoms with Crippen LogP contribution in [0.4, 0.5) is 0 Å². The molecule has 106 valence electrons. The normalized spacial score (nSPS) is 10.5. The number of nitrogens with one attached hydrogen (secondary N) is 1.